The molecule has 1 N–H and O–H groups in total. The van der Waals surface area contributed by atoms with Crippen LogP contribution in [-0.2, 0) is 16.1 Å². The Hall–Kier alpha value is -2.18. The molecule has 2 fully saturated rings. The summed E-state index contributed by atoms with van der Waals surface area (Å²) in [5.41, 5.74) is 1.61. The van der Waals surface area contributed by atoms with E-state index in [-0.39, 0.29) is 11.4 Å². The number of benzene rings is 1. The SMILES string of the molecule is O=C(Nc1cccc(Cn2cccn2)c1)C1(N2CCOCC2)CCCC1. The largest absolute Gasteiger partial charge is 0.379 e. The Morgan fingerprint density at radius 2 is 2.00 bits per heavy atom. The summed E-state index contributed by atoms with van der Waals surface area (Å²) in [4.78, 5) is 15.6. The van der Waals surface area contributed by atoms with Gasteiger partial charge in [-0.3, -0.25) is 14.4 Å². The predicted molar refractivity (Wildman–Crippen MR) is 100.0 cm³/mol. The van der Waals surface area contributed by atoms with Gasteiger partial charge in [0.1, 0.15) is 5.54 Å². The Bertz CT molecular complexity index is 732. The first-order valence-electron chi connectivity index (χ1n) is 9.47. The lowest BCUT2D eigenvalue weighted by molar-refractivity contribution is -0.131. The number of rotatable bonds is 5. The molecule has 1 aliphatic heterocycles. The van der Waals surface area contributed by atoms with Crippen molar-refractivity contribution < 1.29 is 9.53 Å². The summed E-state index contributed by atoms with van der Waals surface area (Å²) in [6, 6.07) is 9.97. The van der Waals surface area contributed by atoms with Crippen molar-refractivity contribution in [3.8, 4) is 0 Å². The summed E-state index contributed by atoms with van der Waals surface area (Å²) in [7, 11) is 0. The monoisotopic (exact) mass is 354 g/mol. The van der Waals surface area contributed by atoms with Gasteiger partial charge < -0.3 is 10.1 Å². The lowest BCUT2D eigenvalue weighted by atomic mass is 9.93. The van der Waals surface area contributed by atoms with Gasteiger partial charge >= 0.3 is 0 Å². The number of ether oxygens (including phenoxy) is 1. The van der Waals surface area contributed by atoms with Gasteiger partial charge in [-0.25, -0.2) is 0 Å². The van der Waals surface area contributed by atoms with E-state index in [4.69, 9.17) is 4.74 Å². The molecule has 0 radical (unpaired) electrons. The van der Waals surface area contributed by atoms with Gasteiger partial charge in [-0.1, -0.05) is 25.0 Å². The number of amides is 1. The normalized spacial score (nSPS) is 20.2. The van der Waals surface area contributed by atoms with E-state index in [0.717, 1.165) is 50.0 Å². The van der Waals surface area contributed by atoms with Crippen molar-refractivity contribution in [1.82, 2.24) is 14.7 Å². The third kappa shape index (κ3) is 3.52. The molecule has 4 rings (SSSR count). The lowest BCUT2D eigenvalue weighted by Gasteiger charge is -2.42. The summed E-state index contributed by atoms with van der Waals surface area (Å²) < 4.78 is 7.37. The highest BCUT2D eigenvalue weighted by atomic mass is 16.5. The fourth-order valence-corrected chi connectivity index (χ4v) is 4.21. The zero-order valence-corrected chi connectivity index (χ0v) is 15.1. The third-order valence-corrected chi connectivity index (χ3v) is 5.56. The summed E-state index contributed by atoms with van der Waals surface area (Å²) in [5, 5.41) is 7.44. The van der Waals surface area contributed by atoms with Gasteiger partial charge in [0.15, 0.2) is 0 Å². The molecule has 0 unspecified atom stereocenters. The zero-order valence-electron chi connectivity index (χ0n) is 15.1. The van der Waals surface area contributed by atoms with Gasteiger partial charge in [-0.05, 0) is 36.6 Å². The summed E-state index contributed by atoms with van der Waals surface area (Å²) in [6.45, 7) is 3.81. The van der Waals surface area contributed by atoms with E-state index in [1.54, 1.807) is 6.20 Å². The van der Waals surface area contributed by atoms with Crippen molar-refractivity contribution in [2.75, 3.05) is 31.6 Å². The Balaban J connectivity index is 1.49. The fraction of sp³-hybridized carbons (Fsp3) is 0.500. The van der Waals surface area contributed by atoms with Crippen molar-refractivity contribution in [2.24, 2.45) is 0 Å². The van der Waals surface area contributed by atoms with Crippen molar-refractivity contribution in [1.29, 1.82) is 0 Å². The molecule has 1 aromatic heterocycles. The molecule has 1 aliphatic carbocycles. The molecule has 26 heavy (non-hydrogen) atoms. The van der Waals surface area contributed by atoms with Crippen LogP contribution in [0, 0.1) is 0 Å². The molecule has 1 amide bonds. The average molecular weight is 354 g/mol. The number of morpholine rings is 1. The molecule has 1 aromatic carbocycles. The van der Waals surface area contributed by atoms with Crippen LogP contribution in [0.2, 0.25) is 0 Å². The van der Waals surface area contributed by atoms with Crippen LogP contribution in [0.25, 0.3) is 0 Å². The van der Waals surface area contributed by atoms with Crippen molar-refractivity contribution >= 4 is 11.6 Å². The number of carbonyl (C=O) groups excluding carboxylic acids is 1. The predicted octanol–water partition coefficient (Wildman–Crippen LogP) is 2.51. The molecular weight excluding hydrogens is 328 g/mol. The van der Waals surface area contributed by atoms with Crippen molar-refractivity contribution in [3.05, 3.63) is 48.3 Å². The minimum absolute atomic E-state index is 0.133. The molecule has 1 saturated heterocycles. The van der Waals surface area contributed by atoms with Crippen molar-refractivity contribution in [3.63, 3.8) is 0 Å². The number of carbonyl (C=O) groups is 1. The average Bonchev–Trinajstić information content (AvgIpc) is 3.35. The number of hydrogen-bond acceptors (Lipinski definition) is 4. The van der Waals surface area contributed by atoms with Crippen LogP contribution in [0.3, 0.4) is 0 Å². The fourth-order valence-electron chi connectivity index (χ4n) is 4.21. The highest BCUT2D eigenvalue weighted by Gasteiger charge is 2.46. The van der Waals surface area contributed by atoms with Gasteiger partial charge in [0, 0.05) is 31.2 Å². The minimum atomic E-state index is -0.373. The van der Waals surface area contributed by atoms with Gasteiger partial charge in [-0.2, -0.15) is 5.10 Å². The van der Waals surface area contributed by atoms with E-state index in [9.17, 15) is 4.79 Å². The first-order chi connectivity index (χ1) is 12.8. The molecule has 0 atom stereocenters. The Morgan fingerprint density at radius 1 is 1.19 bits per heavy atom. The molecule has 6 heteroatoms. The van der Waals surface area contributed by atoms with Crippen LogP contribution in [0.15, 0.2) is 42.7 Å². The molecule has 0 bridgehead atoms. The van der Waals surface area contributed by atoms with E-state index in [1.807, 2.05) is 35.1 Å². The highest BCUT2D eigenvalue weighted by molar-refractivity contribution is 5.98. The van der Waals surface area contributed by atoms with Crippen molar-refractivity contribution in [2.45, 2.75) is 37.8 Å². The molecule has 2 aliphatic rings. The lowest BCUT2D eigenvalue weighted by Crippen LogP contribution is -2.58. The van der Waals surface area contributed by atoms with Crippen LogP contribution in [0.1, 0.15) is 31.2 Å². The maximum absolute atomic E-state index is 13.3. The highest BCUT2D eigenvalue weighted by Crippen LogP contribution is 2.37. The number of aromatic nitrogens is 2. The topological polar surface area (TPSA) is 59.4 Å². The summed E-state index contributed by atoms with van der Waals surface area (Å²) in [6.07, 6.45) is 7.82. The van der Waals surface area contributed by atoms with E-state index < -0.39 is 0 Å². The van der Waals surface area contributed by atoms with Crippen LogP contribution >= 0.6 is 0 Å². The van der Waals surface area contributed by atoms with Crippen LogP contribution in [-0.4, -0.2) is 52.4 Å². The summed E-state index contributed by atoms with van der Waals surface area (Å²) in [5.74, 6) is 0.133. The zero-order chi connectivity index (χ0) is 17.8. The Morgan fingerprint density at radius 3 is 2.73 bits per heavy atom. The standard InChI is InChI=1S/C20H26N4O2/c25-19(20(7-1-2-8-20)23-11-13-26-14-12-23)22-18-6-3-5-17(15-18)16-24-10-4-9-21-24/h3-6,9-10,15H,1-2,7-8,11-14,16H2,(H,22,25). The molecule has 2 aromatic rings. The maximum Gasteiger partial charge on any atom is 0.244 e. The molecule has 0 spiro atoms. The number of hydrogen-bond donors (Lipinski definition) is 1. The summed E-state index contributed by atoms with van der Waals surface area (Å²) >= 11 is 0. The Kier molecular flexibility index (Phi) is 5.04. The van der Waals surface area contributed by atoms with E-state index in [2.05, 4.69) is 21.4 Å². The smallest absolute Gasteiger partial charge is 0.244 e. The van der Waals surface area contributed by atoms with Gasteiger partial charge in [0.05, 0.1) is 19.8 Å². The molecule has 1 saturated carbocycles. The second-order valence-electron chi connectivity index (χ2n) is 7.20. The first kappa shape index (κ1) is 17.2. The number of anilines is 1. The second-order valence-corrected chi connectivity index (χ2v) is 7.20. The Labute approximate surface area is 154 Å². The maximum atomic E-state index is 13.3. The molecule has 2 heterocycles. The van der Waals surface area contributed by atoms with E-state index in [1.165, 1.54) is 0 Å². The van der Waals surface area contributed by atoms with Gasteiger partial charge in [0.2, 0.25) is 5.91 Å². The van der Waals surface area contributed by atoms with Gasteiger partial charge in [0.25, 0.3) is 0 Å². The first-order valence-corrected chi connectivity index (χ1v) is 9.47. The molecule has 138 valence electrons. The van der Waals surface area contributed by atoms with E-state index in [0.29, 0.717) is 19.8 Å². The number of nitrogens with zero attached hydrogens (tertiary/aromatic N) is 3. The van der Waals surface area contributed by atoms with Crippen LogP contribution in [0.4, 0.5) is 5.69 Å². The quantitative estimate of drug-likeness (QED) is 0.896. The molecular formula is C20H26N4O2. The van der Waals surface area contributed by atoms with Crippen LogP contribution < -0.4 is 5.32 Å². The number of nitrogens with one attached hydrogen (secondary N) is 1. The van der Waals surface area contributed by atoms with E-state index >= 15 is 0 Å². The van der Waals surface area contributed by atoms with Crippen LogP contribution in [0.5, 0.6) is 0 Å². The third-order valence-electron chi connectivity index (χ3n) is 5.56. The minimum Gasteiger partial charge on any atom is -0.379 e. The second kappa shape index (κ2) is 7.60. The molecule has 6 nitrogen and oxygen atoms in total. The van der Waals surface area contributed by atoms with Gasteiger partial charge in [-0.15, -0.1) is 0 Å².